The Morgan fingerprint density at radius 2 is 1.97 bits per heavy atom. The summed E-state index contributed by atoms with van der Waals surface area (Å²) in [5.41, 5.74) is 1.01. The fourth-order valence-corrected chi connectivity index (χ4v) is 9.58. The zero-order valence-electron chi connectivity index (χ0n) is 19.3. The quantitative estimate of drug-likeness (QED) is 0.717. The molecule has 5 nitrogen and oxygen atoms in total. The van der Waals surface area contributed by atoms with Gasteiger partial charge in [-0.2, -0.15) is 10.4 Å². The Morgan fingerprint density at radius 3 is 2.72 bits per heavy atom. The van der Waals surface area contributed by atoms with E-state index in [1.165, 1.54) is 38.5 Å². The zero-order valence-corrected chi connectivity index (χ0v) is 19.3. The number of rotatable bonds is 3. The van der Waals surface area contributed by atoms with Crippen molar-refractivity contribution in [3.05, 3.63) is 23.5 Å². The van der Waals surface area contributed by atoms with Gasteiger partial charge < -0.3 is 5.11 Å². The first kappa shape index (κ1) is 20.7. The first-order valence-electron chi connectivity index (χ1n) is 12.7. The number of allylic oxidation sites excluding steroid dienone is 1. The van der Waals surface area contributed by atoms with E-state index in [-0.39, 0.29) is 5.41 Å². The Hall–Kier alpha value is -1.89. The summed E-state index contributed by atoms with van der Waals surface area (Å²) in [7, 11) is 0. The largest absolute Gasteiger partial charge is 0.390 e. The maximum atomic E-state index is 12.2. The van der Waals surface area contributed by atoms with Gasteiger partial charge in [0.05, 0.1) is 12.1 Å². The number of nitriles is 1. The summed E-state index contributed by atoms with van der Waals surface area (Å²) in [6.45, 7) is 4.98. The highest BCUT2D eigenvalue weighted by molar-refractivity contribution is 5.55. The van der Waals surface area contributed by atoms with Crippen LogP contribution in [-0.4, -0.2) is 26.4 Å². The molecule has 6 rings (SSSR count). The van der Waals surface area contributed by atoms with Gasteiger partial charge in [0.1, 0.15) is 12.0 Å². The molecule has 170 valence electrons. The molecule has 5 aliphatic rings. The number of carbonyl (C=O) groups excluding carboxylic acids is 1. The average molecular weight is 434 g/mol. The predicted molar refractivity (Wildman–Crippen MR) is 120 cm³/mol. The van der Waals surface area contributed by atoms with Gasteiger partial charge in [-0.1, -0.05) is 6.92 Å². The SMILES string of the molecule is C[C@@]1(O)CC[C@H]2[C@H](CC[C@@H]3[C@@H]2CC[C@@]2(C)[C@H]3[C@@H]3C[C@@H]3[C@@H]2C(=C=O)Cn2ccc(C#N)n2)C1. The van der Waals surface area contributed by atoms with Crippen molar-refractivity contribution in [2.24, 2.45) is 52.8 Å². The summed E-state index contributed by atoms with van der Waals surface area (Å²) < 4.78 is 1.75. The van der Waals surface area contributed by atoms with E-state index >= 15 is 0 Å². The normalized spacial score (nSPS) is 48.4. The van der Waals surface area contributed by atoms with E-state index in [4.69, 9.17) is 5.26 Å². The third-order valence-corrected chi connectivity index (χ3v) is 10.6. The topological polar surface area (TPSA) is 78.9 Å². The molecule has 5 fully saturated rings. The summed E-state index contributed by atoms with van der Waals surface area (Å²) in [5, 5.41) is 24.1. The fraction of sp³-hybridized carbons (Fsp3) is 0.778. The molecule has 10 atom stereocenters. The van der Waals surface area contributed by atoms with Crippen LogP contribution in [0.2, 0.25) is 0 Å². The molecule has 32 heavy (non-hydrogen) atoms. The van der Waals surface area contributed by atoms with Crippen LogP contribution < -0.4 is 0 Å². The van der Waals surface area contributed by atoms with Crippen LogP contribution in [0.4, 0.5) is 0 Å². The van der Waals surface area contributed by atoms with Gasteiger partial charge in [-0.3, -0.25) is 4.68 Å². The van der Waals surface area contributed by atoms with Crippen LogP contribution in [0.25, 0.3) is 0 Å². The Bertz CT molecular complexity index is 1010. The Morgan fingerprint density at radius 1 is 1.16 bits per heavy atom. The molecule has 0 bridgehead atoms. The van der Waals surface area contributed by atoms with Crippen LogP contribution in [0.1, 0.15) is 70.9 Å². The van der Waals surface area contributed by atoms with E-state index in [1.54, 1.807) is 10.7 Å². The van der Waals surface area contributed by atoms with Gasteiger partial charge >= 0.3 is 0 Å². The third-order valence-electron chi connectivity index (χ3n) is 10.6. The molecule has 1 N–H and O–H groups in total. The number of aliphatic hydroxyl groups is 1. The van der Waals surface area contributed by atoms with Crippen molar-refractivity contribution in [1.82, 2.24) is 9.78 Å². The lowest BCUT2D eigenvalue weighted by atomic mass is 9.47. The number of aromatic nitrogens is 2. The van der Waals surface area contributed by atoms with Gasteiger partial charge in [0.25, 0.3) is 0 Å². The van der Waals surface area contributed by atoms with Gasteiger partial charge in [-0.15, -0.1) is 0 Å². The van der Waals surface area contributed by atoms with Crippen LogP contribution >= 0.6 is 0 Å². The van der Waals surface area contributed by atoms with Crippen molar-refractivity contribution < 1.29 is 9.90 Å². The summed E-state index contributed by atoms with van der Waals surface area (Å²) in [6.07, 6.45) is 11.3. The van der Waals surface area contributed by atoms with Gasteiger partial charge in [0.15, 0.2) is 5.69 Å². The van der Waals surface area contributed by atoms with Crippen molar-refractivity contribution in [3.8, 4) is 6.07 Å². The van der Waals surface area contributed by atoms with Gasteiger partial charge in [-0.05, 0) is 111 Å². The molecular formula is C27H35N3O2. The minimum atomic E-state index is -0.460. The molecule has 1 aromatic heterocycles. The minimum absolute atomic E-state index is 0.194. The van der Waals surface area contributed by atoms with E-state index in [0.29, 0.717) is 30.0 Å². The number of hydrogen-bond donors (Lipinski definition) is 1. The lowest BCUT2D eigenvalue weighted by molar-refractivity contribution is -0.104. The lowest BCUT2D eigenvalue weighted by Crippen LogP contribution is -2.51. The third kappa shape index (κ3) is 2.99. The molecule has 0 aromatic carbocycles. The van der Waals surface area contributed by atoms with Crippen molar-refractivity contribution in [2.75, 3.05) is 0 Å². The highest BCUT2D eigenvalue weighted by atomic mass is 16.3. The molecule has 1 heterocycles. The zero-order chi connectivity index (χ0) is 22.3. The monoisotopic (exact) mass is 433 g/mol. The molecule has 1 aromatic rings. The number of nitrogens with zero attached hydrogens (tertiary/aromatic N) is 3. The Labute approximate surface area is 190 Å². The second-order valence-corrected chi connectivity index (χ2v) is 12.3. The Balaban J connectivity index is 1.25. The van der Waals surface area contributed by atoms with Crippen molar-refractivity contribution >= 4 is 5.94 Å². The molecule has 0 aliphatic heterocycles. The van der Waals surface area contributed by atoms with Crippen molar-refractivity contribution in [2.45, 2.75) is 77.4 Å². The van der Waals surface area contributed by atoms with E-state index in [1.807, 2.05) is 13.1 Å². The molecule has 5 aliphatic carbocycles. The summed E-state index contributed by atoms with van der Waals surface area (Å²) in [4.78, 5) is 12.2. The molecule has 0 amide bonds. The molecule has 0 spiro atoms. The highest BCUT2D eigenvalue weighted by Crippen LogP contribution is 2.75. The van der Waals surface area contributed by atoms with Gasteiger partial charge in [0, 0.05) is 17.7 Å². The van der Waals surface area contributed by atoms with Crippen molar-refractivity contribution in [3.63, 3.8) is 0 Å². The molecule has 5 saturated carbocycles. The van der Waals surface area contributed by atoms with E-state index < -0.39 is 5.60 Å². The standard InChI is InChI=1S/C27H35N3O2/c1-26(32)8-5-19-16(12-26)3-4-21-20(19)6-9-27(2)24(22-11-23(22)25(21)27)17(15-31)14-30-10-7-18(13-28)29-30/h7,10,16,19-25,32H,3-6,8-9,11-12,14H2,1-2H3/t16-,19+,20-,21-,22+,23-,24+,25-,26-,27-/m1/s1. The Kier molecular flexibility index (Phi) is 4.56. The first-order chi connectivity index (χ1) is 15.3. The maximum absolute atomic E-state index is 12.2. The molecular weight excluding hydrogens is 398 g/mol. The second kappa shape index (κ2) is 7.05. The highest BCUT2D eigenvalue weighted by Gasteiger charge is 2.70. The van der Waals surface area contributed by atoms with Crippen LogP contribution in [0, 0.1) is 64.1 Å². The minimum Gasteiger partial charge on any atom is -0.390 e. The number of hydrogen-bond acceptors (Lipinski definition) is 4. The average Bonchev–Trinajstić information content (AvgIpc) is 3.28. The second-order valence-electron chi connectivity index (χ2n) is 12.3. The number of fused-ring (bicyclic) bond motifs is 7. The first-order valence-corrected chi connectivity index (χ1v) is 12.7. The van der Waals surface area contributed by atoms with Gasteiger partial charge in [0.2, 0.25) is 0 Å². The molecule has 5 heteroatoms. The maximum Gasteiger partial charge on any atom is 0.162 e. The lowest BCUT2D eigenvalue weighted by Gasteiger charge is -2.58. The van der Waals surface area contributed by atoms with Crippen molar-refractivity contribution in [1.29, 1.82) is 5.26 Å². The van der Waals surface area contributed by atoms with Crippen LogP contribution in [0.5, 0.6) is 0 Å². The smallest absolute Gasteiger partial charge is 0.162 e. The predicted octanol–water partition coefficient (Wildman–Crippen LogP) is 4.39. The van der Waals surface area contributed by atoms with Crippen LogP contribution in [0.3, 0.4) is 0 Å². The van der Waals surface area contributed by atoms with Crippen LogP contribution in [0.15, 0.2) is 17.8 Å². The molecule has 0 saturated heterocycles. The summed E-state index contributed by atoms with van der Waals surface area (Å²) >= 11 is 0. The van der Waals surface area contributed by atoms with Crippen LogP contribution in [-0.2, 0) is 11.3 Å². The molecule has 0 unspecified atom stereocenters. The summed E-state index contributed by atoms with van der Waals surface area (Å²) in [5.74, 6) is 7.92. The fourth-order valence-electron chi connectivity index (χ4n) is 9.58. The summed E-state index contributed by atoms with van der Waals surface area (Å²) in [6, 6.07) is 3.80. The van der Waals surface area contributed by atoms with E-state index in [9.17, 15) is 9.90 Å². The molecule has 0 radical (unpaired) electrons. The van der Waals surface area contributed by atoms with Gasteiger partial charge in [-0.25, -0.2) is 4.79 Å². The van der Waals surface area contributed by atoms with E-state index in [0.717, 1.165) is 48.0 Å². The van der Waals surface area contributed by atoms with E-state index in [2.05, 4.69) is 24.0 Å².